The molecule has 5 aliphatic carbocycles. The molecule has 4 nitrogen and oxygen atoms in total. The van der Waals surface area contributed by atoms with Crippen LogP contribution in [0.3, 0.4) is 0 Å². The third-order valence-corrected chi connectivity index (χ3v) is 11.2. The van der Waals surface area contributed by atoms with Gasteiger partial charge in [0.15, 0.2) is 0 Å². The van der Waals surface area contributed by atoms with Gasteiger partial charge in [-0.3, -0.25) is 4.79 Å². The lowest BCUT2D eigenvalue weighted by Crippen LogP contribution is -2.55. The average molecular weight is 478 g/mol. The molecule has 0 saturated heterocycles. The minimum Gasteiger partial charge on any atom is -0.353 e. The van der Waals surface area contributed by atoms with E-state index in [0.717, 1.165) is 56.8 Å². The van der Waals surface area contributed by atoms with E-state index in [0.29, 0.717) is 18.4 Å². The Bertz CT molecular complexity index is 785. The molecular weight excluding hydrogens is 439 g/mol. The summed E-state index contributed by atoms with van der Waals surface area (Å²) in [5.41, 5.74) is -5.57. The van der Waals surface area contributed by atoms with Gasteiger partial charge in [0.2, 0.25) is 15.7 Å². The van der Waals surface area contributed by atoms with E-state index in [1.165, 1.54) is 32.1 Å². The molecule has 4 unspecified atom stereocenters. The highest BCUT2D eigenvalue weighted by Gasteiger charge is 2.53. The second-order valence-corrected chi connectivity index (χ2v) is 13.5. The number of hydrogen-bond acceptors (Lipinski definition) is 3. The summed E-state index contributed by atoms with van der Waals surface area (Å²) in [6.45, 7) is 2.27. The molecule has 0 radical (unpaired) electrons. The van der Waals surface area contributed by atoms with E-state index < -0.39 is 21.1 Å². The Morgan fingerprint density at radius 1 is 1.00 bits per heavy atom. The molecule has 5 saturated carbocycles. The molecule has 184 valence electrons. The van der Waals surface area contributed by atoms with Crippen molar-refractivity contribution in [3.8, 4) is 0 Å². The summed E-state index contributed by atoms with van der Waals surface area (Å²) in [5, 5.41) is 3.45. The molecule has 4 atom stereocenters. The van der Waals surface area contributed by atoms with Crippen molar-refractivity contribution >= 4 is 15.7 Å². The monoisotopic (exact) mass is 477 g/mol. The molecule has 8 heteroatoms. The number of amides is 1. The lowest BCUT2D eigenvalue weighted by atomic mass is 9.52. The highest BCUT2D eigenvalue weighted by molar-refractivity contribution is 7.92. The largest absolute Gasteiger partial charge is 0.497 e. The summed E-state index contributed by atoms with van der Waals surface area (Å²) in [7, 11) is -5.04. The van der Waals surface area contributed by atoms with E-state index in [1.54, 1.807) is 0 Å². The fourth-order valence-electron chi connectivity index (χ4n) is 7.41. The van der Waals surface area contributed by atoms with Gasteiger partial charge in [0, 0.05) is 11.5 Å². The van der Waals surface area contributed by atoms with Crippen molar-refractivity contribution < 1.29 is 26.4 Å². The number of carbonyl (C=O) groups is 1. The molecule has 0 spiro atoms. The molecule has 5 aliphatic rings. The maximum Gasteiger partial charge on any atom is 0.497 e. The lowest BCUT2D eigenvalue weighted by molar-refractivity contribution is -0.142. The quantitative estimate of drug-likeness (QED) is 0.507. The number of alkyl halides is 3. The van der Waals surface area contributed by atoms with Crippen molar-refractivity contribution in [2.45, 2.75) is 108 Å². The van der Waals surface area contributed by atoms with E-state index in [9.17, 15) is 26.4 Å². The van der Waals surface area contributed by atoms with Gasteiger partial charge in [-0.25, -0.2) is 8.42 Å². The van der Waals surface area contributed by atoms with Gasteiger partial charge < -0.3 is 5.32 Å². The van der Waals surface area contributed by atoms with Crippen LogP contribution in [-0.2, 0) is 14.6 Å². The lowest BCUT2D eigenvalue weighted by Gasteiger charge is -2.53. The number of rotatable bonds is 7. The number of sulfone groups is 1. The number of hydrogen-bond donors (Lipinski definition) is 1. The van der Waals surface area contributed by atoms with Crippen LogP contribution in [0.1, 0.15) is 96.8 Å². The SMILES string of the molecule is CCC1CC2CCC(NC(=O)C34CCC(CCCS(=O)(=O)C(F)(F)F)(CC3)CC4)C(C1)C2. The van der Waals surface area contributed by atoms with Crippen LogP contribution in [-0.4, -0.2) is 31.6 Å². The van der Waals surface area contributed by atoms with Gasteiger partial charge in [-0.05, 0) is 107 Å². The van der Waals surface area contributed by atoms with Crippen LogP contribution in [0.4, 0.5) is 13.2 Å². The van der Waals surface area contributed by atoms with E-state index in [2.05, 4.69) is 12.2 Å². The summed E-state index contributed by atoms with van der Waals surface area (Å²) in [6.07, 6.45) is 12.7. The Balaban J connectivity index is 1.30. The molecule has 32 heavy (non-hydrogen) atoms. The van der Waals surface area contributed by atoms with E-state index >= 15 is 0 Å². The van der Waals surface area contributed by atoms with E-state index in [-0.39, 0.29) is 23.2 Å². The van der Waals surface area contributed by atoms with Crippen LogP contribution in [0.2, 0.25) is 0 Å². The van der Waals surface area contributed by atoms with Crippen molar-refractivity contribution in [3.63, 3.8) is 0 Å². The Morgan fingerprint density at radius 2 is 1.66 bits per heavy atom. The molecule has 0 aromatic rings. The summed E-state index contributed by atoms with van der Waals surface area (Å²) in [4.78, 5) is 13.4. The van der Waals surface area contributed by atoms with Gasteiger partial charge in [0.05, 0.1) is 5.75 Å². The van der Waals surface area contributed by atoms with Crippen LogP contribution in [0, 0.1) is 28.6 Å². The molecule has 4 bridgehead atoms. The van der Waals surface area contributed by atoms with Crippen LogP contribution in [0.5, 0.6) is 0 Å². The van der Waals surface area contributed by atoms with Gasteiger partial charge in [-0.1, -0.05) is 13.3 Å². The zero-order chi connectivity index (χ0) is 23.2. The van der Waals surface area contributed by atoms with E-state index in [4.69, 9.17) is 0 Å². The van der Waals surface area contributed by atoms with Gasteiger partial charge in [0.1, 0.15) is 0 Å². The first kappa shape index (κ1) is 24.3. The Morgan fingerprint density at radius 3 is 2.25 bits per heavy atom. The number of carbonyl (C=O) groups excluding carboxylic acids is 1. The van der Waals surface area contributed by atoms with Crippen LogP contribution in [0.25, 0.3) is 0 Å². The van der Waals surface area contributed by atoms with Gasteiger partial charge >= 0.3 is 5.51 Å². The first-order valence-electron chi connectivity index (χ1n) is 12.6. The average Bonchev–Trinajstić information content (AvgIpc) is 2.75. The third kappa shape index (κ3) is 4.72. The second kappa shape index (κ2) is 8.77. The molecule has 0 aromatic carbocycles. The molecule has 5 fully saturated rings. The first-order valence-corrected chi connectivity index (χ1v) is 14.2. The molecule has 0 aromatic heterocycles. The maximum absolute atomic E-state index is 13.4. The smallest absolute Gasteiger partial charge is 0.353 e. The zero-order valence-corrected chi connectivity index (χ0v) is 20.0. The highest BCUT2D eigenvalue weighted by Crippen LogP contribution is 2.59. The summed E-state index contributed by atoms with van der Waals surface area (Å²) >= 11 is 0. The van der Waals surface area contributed by atoms with Crippen molar-refractivity contribution in [3.05, 3.63) is 0 Å². The van der Waals surface area contributed by atoms with Crippen LogP contribution >= 0.6 is 0 Å². The topological polar surface area (TPSA) is 63.2 Å². The molecule has 5 rings (SSSR count). The Hall–Kier alpha value is -0.790. The highest BCUT2D eigenvalue weighted by atomic mass is 32.2. The number of halogens is 3. The molecule has 1 N–H and O–H groups in total. The van der Waals surface area contributed by atoms with Crippen molar-refractivity contribution in [2.24, 2.45) is 28.6 Å². The van der Waals surface area contributed by atoms with E-state index in [1.807, 2.05) is 0 Å². The summed E-state index contributed by atoms with van der Waals surface area (Å²) < 4.78 is 60.5. The second-order valence-electron chi connectivity index (χ2n) is 11.4. The number of fused-ring (bicyclic) bond motifs is 5. The van der Waals surface area contributed by atoms with Crippen molar-refractivity contribution in [1.29, 1.82) is 0 Å². The Labute approximate surface area is 190 Å². The normalized spacial score (nSPS) is 39.6. The Kier molecular flexibility index (Phi) is 6.67. The molecular formula is C24H38F3NO3S. The van der Waals surface area contributed by atoms with Gasteiger partial charge in [-0.15, -0.1) is 0 Å². The van der Waals surface area contributed by atoms with Gasteiger partial charge in [0.25, 0.3) is 0 Å². The third-order valence-electron chi connectivity index (χ3n) is 9.64. The predicted molar refractivity (Wildman–Crippen MR) is 117 cm³/mol. The molecule has 0 aliphatic heterocycles. The van der Waals surface area contributed by atoms with Crippen LogP contribution in [0.15, 0.2) is 0 Å². The standard InChI is InChI=1S/C24H38F3NO3S/c1-2-17-14-18-4-5-20(19(15-17)16-18)28-21(29)23-10-7-22(8-11-23,9-12-23)6-3-13-32(30,31)24(25,26)27/h17-20H,2-16H2,1H3,(H,28,29). The first-order chi connectivity index (χ1) is 15.0. The maximum atomic E-state index is 13.4. The fraction of sp³-hybridized carbons (Fsp3) is 0.958. The predicted octanol–water partition coefficient (Wildman–Crippen LogP) is 5.76. The fourth-order valence-corrected chi connectivity index (χ4v) is 8.16. The minimum absolute atomic E-state index is 0.0462. The van der Waals surface area contributed by atoms with Gasteiger partial charge in [-0.2, -0.15) is 13.2 Å². The molecule has 0 heterocycles. The summed E-state index contributed by atoms with van der Waals surface area (Å²) in [5.74, 6) is 1.60. The number of nitrogens with one attached hydrogen (secondary N) is 1. The zero-order valence-electron chi connectivity index (χ0n) is 19.2. The van der Waals surface area contributed by atoms with Crippen molar-refractivity contribution in [1.82, 2.24) is 5.32 Å². The van der Waals surface area contributed by atoms with Crippen molar-refractivity contribution in [2.75, 3.05) is 5.75 Å². The minimum atomic E-state index is -5.16. The summed E-state index contributed by atoms with van der Waals surface area (Å²) in [6, 6.07) is 0.295. The van der Waals surface area contributed by atoms with Crippen LogP contribution < -0.4 is 5.32 Å². The molecule has 1 amide bonds.